The molecule has 1 aliphatic rings. The van der Waals surface area contributed by atoms with Gasteiger partial charge in [-0.05, 0) is 49.6 Å². The molecule has 2 aromatic carbocycles. The SMILES string of the molecule is CC(=O)c1cccc(NC(=O)N2CCCC2c2ccc(O)cc2)c1. The molecule has 2 aromatic rings. The Morgan fingerprint density at radius 1 is 1.17 bits per heavy atom. The average Bonchev–Trinajstić information content (AvgIpc) is 3.05. The van der Waals surface area contributed by atoms with Gasteiger partial charge in [0.2, 0.25) is 0 Å². The summed E-state index contributed by atoms with van der Waals surface area (Å²) in [4.78, 5) is 25.9. The van der Waals surface area contributed by atoms with Crippen molar-refractivity contribution in [2.75, 3.05) is 11.9 Å². The molecule has 24 heavy (non-hydrogen) atoms. The van der Waals surface area contributed by atoms with Gasteiger partial charge in [-0.1, -0.05) is 24.3 Å². The summed E-state index contributed by atoms with van der Waals surface area (Å²) in [5.41, 5.74) is 2.20. The third-order valence-electron chi connectivity index (χ3n) is 4.31. The Kier molecular flexibility index (Phi) is 4.51. The van der Waals surface area contributed by atoms with Gasteiger partial charge in [0.25, 0.3) is 0 Å². The lowest BCUT2D eigenvalue weighted by Crippen LogP contribution is -2.34. The zero-order valence-corrected chi connectivity index (χ0v) is 13.5. The maximum Gasteiger partial charge on any atom is 0.322 e. The van der Waals surface area contributed by atoms with Crippen molar-refractivity contribution in [2.24, 2.45) is 0 Å². The molecular formula is C19H20N2O3. The minimum absolute atomic E-state index is 0.00147. The van der Waals surface area contributed by atoms with Crippen molar-refractivity contribution in [1.29, 1.82) is 0 Å². The maximum atomic E-state index is 12.6. The predicted octanol–water partition coefficient (Wildman–Crippen LogP) is 3.96. The van der Waals surface area contributed by atoms with Gasteiger partial charge in [0.15, 0.2) is 5.78 Å². The Balaban J connectivity index is 1.75. The van der Waals surface area contributed by atoms with E-state index in [4.69, 9.17) is 0 Å². The highest BCUT2D eigenvalue weighted by Crippen LogP contribution is 2.33. The highest BCUT2D eigenvalue weighted by molar-refractivity contribution is 5.96. The smallest absolute Gasteiger partial charge is 0.322 e. The standard InChI is InChI=1S/C19H20N2O3/c1-13(22)15-4-2-5-16(12-15)20-19(24)21-11-3-6-18(21)14-7-9-17(23)10-8-14/h2,4-5,7-10,12,18,23H,3,6,11H2,1H3,(H,20,24). The fourth-order valence-electron chi connectivity index (χ4n) is 3.06. The van der Waals surface area contributed by atoms with Gasteiger partial charge in [0, 0.05) is 17.8 Å². The minimum atomic E-state index is -0.175. The van der Waals surface area contributed by atoms with Crippen LogP contribution in [0.3, 0.4) is 0 Å². The number of hydrogen-bond acceptors (Lipinski definition) is 3. The molecule has 0 aromatic heterocycles. The number of ketones is 1. The molecular weight excluding hydrogens is 304 g/mol. The van der Waals surface area contributed by atoms with Crippen LogP contribution in [0.2, 0.25) is 0 Å². The summed E-state index contributed by atoms with van der Waals surface area (Å²) in [6, 6.07) is 13.8. The number of Topliss-reactive ketones (excluding diaryl/α,β-unsaturated/α-hetero) is 1. The number of carbonyl (C=O) groups excluding carboxylic acids is 2. The highest BCUT2D eigenvalue weighted by Gasteiger charge is 2.30. The van der Waals surface area contributed by atoms with Gasteiger partial charge in [-0.2, -0.15) is 0 Å². The number of phenols is 1. The average molecular weight is 324 g/mol. The molecule has 1 heterocycles. The maximum absolute atomic E-state index is 12.6. The van der Waals surface area contributed by atoms with Crippen LogP contribution in [0, 0.1) is 0 Å². The topological polar surface area (TPSA) is 69.6 Å². The summed E-state index contributed by atoms with van der Waals surface area (Å²) in [6.45, 7) is 2.19. The van der Waals surface area contributed by atoms with Gasteiger partial charge < -0.3 is 15.3 Å². The number of anilines is 1. The van der Waals surface area contributed by atoms with Gasteiger partial charge >= 0.3 is 6.03 Å². The molecule has 2 N–H and O–H groups in total. The van der Waals surface area contributed by atoms with Crippen molar-refractivity contribution in [3.63, 3.8) is 0 Å². The number of urea groups is 1. The quantitative estimate of drug-likeness (QED) is 0.840. The molecule has 1 unspecified atom stereocenters. The van der Waals surface area contributed by atoms with Gasteiger partial charge in [0.1, 0.15) is 5.75 Å². The number of nitrogens with one attached hydrogen (secondary N) is 1. The van der Waals surface area contributed by atoms with Crippen molar-refractivity contribution < 1.29 is 14.7 Å². The molecule has 3 rings (SSSR count). The summed E-state index contributed by atoms with van der Waals surface area (Å²) in [6.07, 6.45) is 1.83. The van der Waals surface area contributed by atoms with Crippen LogP contribution in [0.15, 0.2) is 48.5 Å². The first-order valence-corrected chi connectivity index (χ1v) is 8.02. The summed E-state index contributed by atoms with van der Waals surface area (Å²) in [7, 11) is 0. The second-order valence-electron chi connectivity index (χ2n) is 6.01. The Hall–Kier alpha value is -2.82. The van der Waals surface area contributed by atoms with E-state index in [1.807, 2.05) is 12.1 Å². The molecule has 1 saturated heterocycles. The molecule has 2 amide bonds. The number of rotatable bonds is 3. The third-order valence-corrected chi connectivity index (χ3v) is 4.31. The molecule has 1 fully saturated rings. The second kappa shape index (κ2) is 6.74. The number of likely N-dealkylation sites (tertiary alicyclic amines) is 1. The van der Waals surface area contributed by atoms with E-state index in [9.17, 15) is 14.7 Å². The molecule has 5 nitrogen and oxygen atoms in total. The zero-order chi connectivity index (χ0) is 17.1. The van der Waals surface area contributed by atoms with E-state index >= 15 is 0 Å². The van der Waals surface area contributed by atoms with Gasteiger partial charge in [-0.15, -0.1) is 0 Å². The minimum Gasteiger partial charge on any atom is -0.508 e. The van der Waals surface area contributed by atoms with E-state index in [2.05, 4.69) is 5.32 Å². The van der Waals surface area contributed by atoms with E-state index in [0.717, 1.165) is 18.4 Å². The summed E-state index contributed by atoms with van der Waals surface area (Å²) < 4.78 is 0. The van der Waals surface area contributed by atoms with Crippen molar-refractivity contribution in [2.45, 2.75) is 25.8 Å². The zero-order valence-electron chi connectivity index (χ0n) is 13.5. The number of hydrogen-bond donors (Lipinski definition) is 2. The highest BCUT2D eigenvalue weighted by atomic mass is 16.3. The molecule has 124 valence electrons. The molecule has 0 saturated carbocycles. The first-order chi connectivity index (χ1) is 11.5. The first-order valence-electron chi connectivity index (χ1n) is 8.02. The largest absolute Gasteiger partial charge is 0.508 e. The van der Waals surface area contributed by atoms with Crippen LogP contribution >= 0.6 is 0 Å². The monoisotopic (exact) mass is 324 g/mol. The van der Waals surface area contributed by atoms with Crippen molar-refractivity contribution in [3.05, 3.63) is 59.7 Å². The lowest BCUT2D eigenvalue weighted by molar-refractivity contribution is 0.101. The van der Waals surface area contributed by atoms with Gasteiger partial charge in [-0.25, -0.2) is 4.79 Å². The van der Waals surface area contributed by atoms with Crippen molar-refractivity contribution >= 4 is 17.5 Å². The number of carbonyl (C=O) groups is 2. The molecule has 5 heteroatoms. The Morgan fingerprint density at radius 3 is 2.62 bits per heavy atom. The normalized spacial score (nSPS) is 16.9. The molecule has 0 spiro atoms. The molecule has 0 bridgehead atoms. The number of benzene rings is 2. The van der Waals surface area contributed by atoms with Crippen LogP contribution < -0.4 is 5.32 Å². The van der Waals surface area contributed by atoms with Crippen LogP contribution in [0.25, 0.3) is 0 Å². The predicted molar refractivity (Wildman–Crippen MR) is 92.3 cm³/mol. The van der Waals surface area contributed by atoms with Gasteiger partial charge in [0.05, 0.1) is 6.04 Å². The van der Waals surface area contributed by atoms with Crippen molar-refractivity contribution in [3.8, 4) is 5.75 Å². The Labute approximate surface area is 140 Å². The van der Waals surface area contributed by atoms with E-state index < -0.39 is 0 Å². The van der Waals surface area contributed by atoms with E-state index in [-0.39, 0.29) is 23.6 Å². The van der Waals surface area contributed by atoms with Crippen LogP contribution in [0.5, 0.6) is 5.75 Å². The van der Waals surface area contributed by atoms with Crippen LogP contribution in [0.1, 0.15) is 41.7 Å². The van der Waals surface area contributed by atoms with E-state index in [1.54, 1.807) is 41.3 Å². The second-order valence-corrected chi connectivity index (χ2v) is 6.01. The Morgan fingerprint density at radius 2 is 1.92 bits per heavy atom. The third kappa shape index (κ3) is 3.40. The Bertz CT molecular complexity index is 755. The van der Waals surface area contributed by atoms with E-state index in [0.29, 0.717) is 17.8 Å². The summed E-state index contributed by atoms with van der Waals surface area (Å²) in [5.74, 6) is 0.183. The van der Waals surface area contributed by atoms with Crippen LogP contribution in [0.4, 0.5) is 10.5 Å². The molecule has 0 radical (unpaired) electrons. The van der Waals surface area contributed by atoms with Gasteiger partial charge in [-0.3, -0.25) is 4.79 Å². The fourth-order valence-corrected chi connectivity index (χ4v) is 3.06. The number of phenolic OH excluding ortho intramolecular Hbond substituents is 1. The lowest BCUT2D eigenvalue weighted by atomic mass is 10.0. The lowest BCUT2D eigenvalue weighted by Gasteiger charge is -2.25. The number of nitrogens with zero attached hydrogens (tertiary/aromatic N) is 1. The number of aromatic hydroxyl groups is 1. The molecule has 0 aliphatic carbocycles. The van der Waals surface area contributed by atoms with Crippen molar-refractivity contribution in [1.82, 2.24) is 4.90 Å². The first kappa shape index (κ1) is 16.1. The van der Waals surface area contributed by atoms with Crippen LogP contribution in [-0.4, -0.2) is 28.4 Å². The number of amides is 2. The molecule has 1 atom stereocenters. The summed E-state index contributed by atoms with van der Waals surface area (Å²) in [5, 5.41) is 12.3. The molecule has 1 aliphatic heterocycles. The van der Waals surface area contributed by atoms with Crippen LogP contribution in [-0.2, 0) is 0 Å². The van der Waals surface area contributed by atoms with E-state index in [1.165, 1.54) is 6.92 Å². The summed E-state index contributed by atoms with van der Waals surface area (Å²) >= 11 is 0. The fraction of sp³-hybridized carbons (Fsp3) is 0.263.